The molecule has 2 aromatic rings. The molecular weight excluding hydrogens is 323 g/mol. The average molecular weight is 337 g/mol. The van der Waals surface area contributed by atoms with E-state index in [1.807, 2.05) is 12.1 Å². The molecule has 1 aliphatic rings. The zero-order valence-corrected chi connectivity index (χ0v) is 12.3. The topological polar surface area (TPSA) is 29.5 Å². The van der Waals surface area contributed by atoms with Gasteiger partial charge in [0.1, 0.15) is 17.7 Å². The van der Waals surface area contributed by atoms with Crippen LogP contribution in [0.4, 0.5) is 4.39 Å². The molecule has 1 saturated carbocycles. The summed E-state index contributed by atoms with van der Waals surface area (Å²) in [5.41, 5.74) is 1.22. The minimum Gasteiger partial charge on any atom is -0.490 e. The van der Waals surface area contributed by atoms with Gasteiger partial charge in [0.05, 0.1) is 10.6 Å². The molecule has 4 heteroatoms. The third-order valence-electron chi connectivity index (χ3n) is 3.30. The minimum absolute atomic E-state index is 0.297. The van der Waals surface area contributed by atoms with E-state index in [9.17, 15) is 9.50 Å². The third-order valence-corrected chi connectivity index (χ3v) is 4.14. The first-order chi connectivity index (χ1) is 9.65. The summed E-state index contributed by atoms with van der Waals surface area (Å²) in [5, 5.41) is 10.3. The minimum atomic E-state index is -0.866. The van der Waals surface area contributed by atoms with Crippen molar-refractivity contribution in [2.45, 2.75) is 25.0 Å². The Morgan fingerprint density at radius 2 is 1.85 bits per heavy atom. The molecule has 1 unspecified atom stereocenters. The van der Waals surface area contributed by atoms with Gasteiger partial charge in [0.2, 0.25) is 0 Å². The maximum absolute atomic E-state index is 13.5. The van der Waals surface area contributed by atoms with Crippen molar-refractivity contribution in [2.24, 2.45) is 0 Å². The highest BCUT2D eigenvalue weighted by atomic mass is 79.9. The second-order valence-corrected chi connectivity index (χ2v) is 5.72. The van der Waals surface area contributed by atoms with Crippen LogP contribution in [0.2, 0.25) is 0 Å². The van der Waals surface area contributed by atoms with Gasteiger partial charge in [-0.3, -0.25) is 0 Å². The number of benzene rings is 2. The molecule has 1 aliphatic carbocycles. The molecule has 0 radical (unpaired) electrons. The predicted octanol–water partition coefficient (Wildman–Crippen LogP) is 4.21. The smallest absolute Gasteiger partial charge is 0.137 e. The van der Waals surface area contributed by atoms with Crippen LogP contribution in [-0.2, 0) is 0 Å². The van der Waals surface area contributed by atoms with Crippen LogP contribution >= 0.6 is 15.9 Å². The van der Waals surface area contributed by atoms with Crippen molar-refractivity contribution >= 4 is 15.9 Å². The lowest BCUT2D eigenvalue weighted by Gasteiger charge is -2.14. The van der Waals surface area contributed by atoms with Gasteiger partial charge in [-0.25, -0.2) is 4.39 Å². The molecule has 20 heavy (non-hydrogen) atoms. The molecule has 3 rings (SSSR count). The van der Waals surface area contributed by atoms with Crippen LogP contribution < -0.4 is 4.74 Å². The van der Waals surface area contributed by atoms with Crippen LogP contribution in [0.15, 0.2) is 46.9 Å². The Balaban J connectivity index is 1.82. The van der Waals surface area contributed by atoms with Crippen molar-refractivity contribution < 1.29 is 14.2 Å². The molecule has 0 heterocycles. The van der Waals surface area contributed by atoms with Crippen molar-refractivity contribution in [3.63, 3.8) is 0 Å². The summed E-state index contributed by atoms with van der Waals surface area (Å²) in [7, 11) is 0. The van der Waals surface area contributed by atoms with E-state index in [1.165, 1.54) is 6.07 Å². The molecule has 1 N–H and O–H groups in total. The van der Waals surface area contributed by atoms with Gasteiger partial charge in [0.25, 0.3) is 0 Å². The van der Waals surface area contributed by atoms with E-state index >= 15 is 0 Å². The van der Waals surface area contributed by atoms with Crippen LogP contribution in [0.5, 0.6) is 5.75 Å². The highest BCUT2D eigenvalue weighted by Crippen LogP contribution is 2.32. The first-order valence-electron chi connectivity index (χ1n) is 6.54. The number of hydrogen-bond acceptors (Lipinski definition) is 2. The van der Waals surface area contributed by atoms with Gasteiger partial charge < -0.3 is 9.84 Å². The highest BCUT2D eigenvalue weighted by molar-refractivity contribution is 9.10. The summed E-state index contributed by atoms with van der Waals surface area (Å²) in [6.07, 6.45) is 1.71. The van der Waals surface area contributed by atoms with Crippen molar-refractivity contribution in [2.75, 3.05) is 0 Å². The molecular formula is C16H14BrFO2. The molecule has 104 valence electrons. The Bertz CT molecular complexity index is 608. The maximum atomic E-state index is 13.5. The van der Waals surface area contributed by atoms with Gasteiger partial charge >= 0.3 is 0 Å². The highest BCUT2D eigenvalue weighted by Gasteiger charge is 2.23. The monoisotopic (exact) mass is 336 g/mol. The number of aliphatic hydroxyl groups is 1. The van der Waals surface area contributed by atoms with Gasteiger partial charge in [-0.15, -0.1) is 0 Å². The Labute approximate surface area is 125 Å². The molecule has 0 saturated heterocycles. The van der Waals surface area contributed by atoms with Gasteiger partial charge in [0, 0.05) is 5.56 Å². The molecule has 2 aromatic carbocycles. The van der Waals surface area contributed by atoms with E-state index in [2.05, 4.69) is 15.9 Å². The lowest BCUT2D eigenvalue weighted by Crippen LogP contribution is -2.02. The van der Waals surface area contributed by atoms with E-state index in [0.29, 0.717) is 21.7 Å². The van der Waals surface area contributed by atoms with Gasteiger partial charge in [-0.05, 0) is 52.5 Å². The molecule has 0 bridgehead atoms. The molecule has 2 nitrogen and oxygen atoms in total. The van der Waals surface area contributed by atoms with Crippen molar-refractivity contribution in [3.8, 4) is 5.75 Å². The first kappa shape index (κ1) is 13.6. The quantitative estimate of drug-likeness (QED) is 0.906. The van der Waals surface area contributed by atoms with Gasteiger partial charge in [-0.1, -0.05) is 24.3 Å². The third kappa shape index (κ3) is 2.86. The van der Waals surface area contributed by atoms with Crippen LogP contribution in [0.1, 0.15) is 30.1 Å². The molecule has 0 amide bonds. The maximum Gasteiger partial charge on any atom is 0.137 e. The fourth-order valence-electron chi connectivity index (χ4n) is 2.02. The van der Waals surface area contributed by atoms with Crippen LogP contribution in [-0.4, -0.2) is 11.2 Å². The number of rotatable bonds is 4. The summed E-state index contributed by atoms with van der Waals surface area (Å²) in [4.78, 5) is 0. The summed E-state index contributed by atoms with van der Waals surface area (Å²) < 4.78 is 19.4. The molecule has 0 aliphatic heterocycles. The van der Waals surface area contributed by atoms with Gasteiger partial charge in [0.15, 0.2) is 0 Å². The summed E-state index contributed by atoms with van der Waals surface area (Å²) in [6, 6.07) is 11.9. The number of hydrogen-bond donors (Lipinski definition) is 1. The Morgan fingerprint density at radius 1 is 1.15 bits per heavy atom. The van der Waals surface area contributed by atoms with Crippen molar-refractivity contribution in [1.82, 2.24) is 0 Å². The zero-order valence-electron chi connectivity index (χ0n) is 10.7. The van der Waals surface area contributed by atoms with E-state index < -0.39 is 6.10 Å². The average Bonchev–Trinajstić information content (AvgIpc) is 3.26. The molecule has 1 atom stereocenters. The lowest BCUT2D eigenvalue weighted by molar-refractivity contribution is 0.218. The Hall–Kier alpha value is -1.39. The summed E-state index contributed by atoms with van der Waals surface area (Å²) in [6.45, 7) is 0. The van der Waals surface area contributed by atoms with Crippen LogP contribution in [0.3, 0.4) is 0 Å². The van der Waals surface area contributed by atoms with Crippen molar-refractivity contribution in [3.05, 3.63) is 63.9 Å². The molecule has 0 spiro atoms. The van der Waals surface area contributed by atoms with E-state index in [0.717, 1.165) is 18.6 Å². The summed E-state index contributed by atoms with van der Waals surface area (Å²) >= 11 is 3.17. The second-order valence-electron chi connectivity index (χ2n) is 4.93. The second kappa shape index (κ2) is 5.54. The van der Waals surface area contributed by atoms with E-state index in [4.69, 9.17) is 4.74 Å². The normalized spacial score (nSPS) is 15.9. The van der Waals surface area contributed by atoms with Crippen molar-refractivity contribution in [1.29, 1.82) is 0 Å². The fraction of sp³-hybridized carbons (Fsp3) is 0.250. The lowest BCUT2D eigenvalue weighted by atomic mass is 10.0. The largest absolute Gasteiger partial charge is 0.490 e. The van der Waals surface area contributed by atoms with Crippen LogP contribution in [0.25, 0.3) is 0 Å². The van der Waals surface area contributed by atoms with Gasteiger partial charge in [-0.2, -0.15) is 0 Å². The predicted molar refractivity (Wildman–Crippen MR) is 78.3 cm³/mol. The molecule has 0 aromatic heterocycles. The van der Waals surface area contributed by atoms with Crippen LogP contribution in [0, 0.1) is 5.82 Å². The zero-order chi connectivity index (χ0) is 14.1. The first-order valence-corrected chi connectivity index (χ1v) is 7.33. The molecule has 1 fully saturated rings. The van der Waals surface area contributed by atoms with E-state index in [-0.39, 0.29) is 5.82 Å². The summed E-state index contributed by atoms with van der Waals surface area (Å²) in [5.74, 6) is 0.428. The Morgan fingerprint density at radius 3 is 2.50 bits per heavy atom. The fourth-order valence-corrected chi connectivity index (χ4v) is 2.50. The SMILES string of the molecule is OC(c1ccc(OC2CC2)cc1)c1cccc(F)c1Br. The Kier molecular flexibility index (Phi) is 3.76. The van der Waals surface area contributed by atoms with E-state index in [1.54, 1.807) is 24.3 Å². The number of halogens is 2. The standard InChI is InChI=1S/C16H14BrFO2/c17-15-13(2-1-3-14(15)18)16(19)10-4-6-11(7-5-10)20-12-8-9-12/h1-7,12,16,19H,8-9H2. The number of ether oxygens (including phenoxy) is 1. The number of aliphatic hydroxyl groups excluding tert-OH is 1.